The van der Waals surface area contributed by atoms with Crippen LogP contribution in [0.15, 0.2) is 0 Å². The highest BCUT2D eigenvalue weighted by Gasteiger charge is 2.32. The number of carbonyl (C=O) groups excluding carboxylic acids is 2. The van der Waals surface area contributed by atoms with Gasteiger partial charge in [-0.1, -0.05) is 0 Å². The van der Waals surface area contributed by atoms with E-state index in [0.29, 0.717) is 13.1 Å². The lowest BCUT2D eigenvalue weighted by Gasteiger charge is -2.44. The number of hydrogen-bond acceptors (Lipinski definition) is 4. The molecule has 0 spiro atoms. The van der Waals surface area contributed by atoms with Gasteiger partial charge in [0.1, 0.15) is 0 Å². The Morgan fingerprint density at radius 2 is 1.21 bits per heavy atom. The zero-order valence-electron chi connectivity index (χ0n) is 16.7. The number of hydrogen-bond donors (Lipinski definition) is 2. The summed E-state index contributed by atoms with van der Waals surface area (Å²) in [4.78, 5) is 28.7. The Bertz CT molecular complexity index is 439. The van der Waals surface area contributed by atoms with E-state index in [9.17, 15) is 9.59 Å². The minimum atomic E-state index is -0.212. The second-order valence-corrected chi connectivity index (χ2v) is 9.16. The maximum atomic E-state index is 12.2. The molecule has 0 bridgehead atoms. The lowest BCUT2D eigenvalue weighted by molar-refractivity contribution is -0.128. The second kappa shape index (κ2) is 7.83. The van der Waals surface area contributed by atoms with Crippen LogP contribution in [0.1, 0.15) is 55.4 Å². The van der Waals surface area contributed by atoms with Crippen LogP contribution in [0.2, 0.25) is 0 Å². The molecule has 2 N–H and O–H groups in total. The molecule has 24 heavy (non-hydrogen) atoms. The van der Waals surface area contributed by atoms with E-state index in [-0.39, 0.29) is 35.0 Å². The van der Waals surface area contributed by atoms with Gasteiger partial charge in [0.15, 0.2) is 0 Å². The molecule has 0 aromatic heterocycles. The van der Waals surface area contributed by atoms with E-state index in [4.69, 9.17) is 0 Å². The third-order valence-corrected chi connectivity index (χ3v) is 3.90. The minimum Gasteiger partial charge on any atom is -0.350 e. The normalized spacial score (nSPS) is 23.8. The molecular weight excluding hydrogens is 304 g/mol. The average Bonchev–Trinajstić information content (AvgIpc) is 2.28. The van der Waals surface area contributed by atoms with Crippen molar-refractivity contribution in [2.45, 2.75) is 78.6 Å². The summed E-state index contributed by atoms with van der Waals surface area (Å²) in [7, 11) is 0. The highest BCUT2D eigenvalue weighted by Crippen LogP contribution is 2.15. The molecule has 1 fully saturated rings. The van der Waals surface area contributed by atoms with Crippen molar-refractivity contribution in [1.29, 1.82) is 0 Å². The van der Waals surface area contributed by atoms with Gasteiger partial charge in [-0.25, -0.2) is 0 Å². The number of nitrogens with one attached hydrogen (secondary N) is 2. The molecule has 0 saturated carbocycles. The summed E-state index contributed by atoms with van der Waals surface area (Å²) < 4.78 is 0. The third-order valence-electron chi connectivity index (χ3n) is 3.90. The molecule has 1 rings (SSSR count). The van der Waals surface area contributed by atoms with Gasteiger partial charge in [-0.05, 0) is 55.4 Å². The fraction of sp³-hybridized carbons (Fsp3) is 0.889. The molecule has 0 aromatic carbocycles. The number of amides is 2. The summed E-state index contributed by atoms with van der Waals surface area (Å²) in [6.45, 7) is 18.6. The van der Waals surface area contributed by atoms with Crippen LogP contribution in [-0.2, 0) is 9.59 Å². The molecule has 0 unspecified atom stereocenters. The van der Waals surface area contributed by atoms with E-state index in [1.165, 1.54) is 0 Å². The Morgan fingerprint density at radius 3 is 1.58 bits per heavy atom. The van der Waals surface area contributed by atoms with E-state index in [1.807, 2.05) is 41.5 Å². The Kier molecular flexibility index (Phi) is 6.82. The van der Waals surface area contributed by atoms with Crippen molar-refractivity contribution in [2.75, 3.05) is 26.2 Å². The molecule has 2 amide bonds. The van der Waals surface area contributed by atoms with E-state index < -0.39 is 0 Å². The molecule has 6 heteroatoms. The van der Waals surface area contributed by atoms with Crippen molar-refractivity contribution >= 4 is 11.8 Å². The van der Waals surface area contributed by atoms with Gasteiger partial charge >= 0.3 is 0 Å². The largest absolute Gasteiger partial charge is 0.350 e. The van der Waals surface area contributed by atoms with Crippen LogP contribution < -0.4 is 10.6 Å². The Labute approximate surface area is 147 Å². The van der Waals surface area contributed by atoms with Crippen molar-refractivity contribution in [2.24, 2.45) is 0 Å². The molecule has 1 aliphatic rings. The van der Waals surface area contributed by atoms with Crippen LogP contribution in [0.25, 0.3) is 0 Å². The lowest BCUT2D eigenvalue weighted by atomic mass is 10.1. The number of nitrogens with zero attached hydrogens (tertiary/aromatic N) is 2. The van der Waals surface area contributed by atoms with E-state index >= 15 is 0 Å². The van der Waals surface area contributed by atoms with Crippen molar-refractivity contribution in [3.8, 4) is 0 Å². The standard InChI is InChI=1S/C18H36N4O2/c1-13-9-21(11-15(23)19-17(3,4)5)10-14(2)22(13)12-16(24)20-18(6,7)8/h13-14H,9-12H2,1-8H3,(H,19,23)(H,20,24)/t13-,14-/m0/s1. The minimum absolute atomic E-state index is 0.0557. The van der Waals surface area contributed by atoms with Crippen molar-refractivity contribution in [3.63, 3.8) is 0 Å². The summed E-state index contributed by atoms with van der Waals surface area (Å²) in [5.41, 5.74) is -0.419. The van der Waals surface area contributed by atoms with Gasteiger partial charge in [-0.3, -0.25) is 19.4 Å². The first-order valence-electron chi connectivity index (χ1n) is 8.87. The van der Waals surface area contributed by atoms with Crippen molar-refractivity contribution < 1.29 is 9.59 Å². The van der Waals surface area contributed by atoms with Gasteiger partial charge in [-0.15, -0.1) is 0 Å². The molecule has 0 radical (unpaired) electrons. The van der Waals surface area contributed by atoms with Crippen molar-refractivity contribution in [3.05, 3.63) is 0 Å². The molecule has 140 valence electrons. The van der Waals surface area contributed by atoms with E-state index in [0.717, 1.165) is 13.1 Å². The van der Waals surface area contributed by atoms with Crippen LogP contribution in [-0.4, -0.2) is 71.0 Å². The topological polar surface area (TPSA) is 64.7 Å². The van der Waals surface area contributed by atoms with Crippen molar-refractivity contribution in [1.82, 2.24) is 20.4 Å². The molecule has 0 aliphatic carbocycles. The summed E-state index contributed by atoms with van der Waals surface area (Å²) >= 11 is 0. The SMILES string of the molecule is C[C@H]1CN(CC(=O)NC(C)(C)C)C[C@H](C)N1CC(=O)NC(C)(C)C. The maximum absolute atomic E-state index is 12.2. The third kappa shape index (κ3) is 7.62. The number of piperazine rings is 1. The molecule has 6 nitrogen and oxygen atoms in total. The van der Waals surface area contributed by atoms with Crippen LogP contribution in [0.4, 0.5) is 0 Å². The monoisotopic (exact) mass is 340 g/mol. The Balaban J connectivity index is 2.55. The van der Waals surface area contributed by atoms with Crippen LogP contribution in [0.5, 0.6) is 0 Å². The van der Waals surface area contributed by atoms with E-state index in [2.05, 4.69) is 34.3 Å². The summed E-state index contributed by atoms with van der Waals surface area (Å²) in [5.74, 6) is 0.112. The molecule has 1 saturated heterocycles. The van der Waals surface area contributed by atoms with Crippen LogP contribution >= 0.6 is 0 Å². The zero-order chi connectivity index (χ0) is 18.7. The number of carbonyl (C=O) groups is 2. The predicted molar refractivity (Wildman–Crippen MR) is 97.9 cm³/mol. The zero-order valence-corrected chi connectivity index (χ0v) is 16.7. The van der Waals surface area contributed by atoms with Crippen LogP contribution in [0, 0.1) is 0 Å². The van der Waals surface area contributed by atoms with Gasteiger partial charge in [0.2, 0.25) is 11.8 Å². The molecule has 2 atom stereocenters. The quantitative estimate of drug-likeness (QED) is 0.807. The Hall–Kier alpha value is -1.14. The van der Waals surface area contributed by atoms with Gasteiger partial charge in [0.25, 0.3) is 0 Å². The van der Waals surface area contributed by atoms with Gasteiger partial charge in [-0.2, -0.15) is 0 Å². The van der Waals surface area contributed by atoms with Gasteiger partial charge in [0, 0.05) is 36.3 Å². The summed E-state index contributed by atoms with van der Waals surface area (Å²) in [6.07, 6.45) is 0. The summed E-state index contributed by atoms with van der Waals surface area (Å²) in [6, 6.07) is 0.476. The maximum Gasteiger partial charge on any atom is 0.234 e. The lowest BCUT2D eigenvalue weighted by Crippen LogP contribution is -2.60. The molecule has 1 aliphatic heterocycles. The first kappa shape index (κ1) is 20.9. The van der Waals surface area contributed by atoms with Gasteiger partial charge in [0.05, 0.1) is 13.1 Å². The fourth-order valence-electron chi connectivity index (χ4n) is 3.19. The summed E-state index contributed by atoms with van der Waals surface area (Å²) in [5, 5.41) is 6.03. The first-order chi connectivity index (χ1) is 10.8. The molecular formula is C18H36N4O2. The highest BCUT2D eigenvalue weighted by molar-refractivity contribution is 5.79. The fourth-order valence-corrected chi connectivity index (χ4v) is 3.19. The number of rotatable bonds is 4. The predicted octanol–water partition coefficient (Wildman–Crippen LogP) is 1.21. The molecule has 1 heterocycles. The molecule has 0 aromatic rings. The first-order valence-corrected chi connectivity index (χ1v) is 8.87. The average molecular weight is 341 g/mol. The van der Waals surface area contributed by atoms with Gasteiger partial charge < -0.3 is 10.6 Å². The smallest absolute Gasteiger partial charge is 0.234 e. The second-order valence-electron chi connectivity index (χ2n) is 9.16. The van der Waals surface area contributed by atoms with E-state index in [1.54, 1.807) is 0 Å². The Morgan fingerprint density at radius 1 is 0.833 bits per heavy atom. The van der Waals surface area contributed by atoms with Crippen LogP contribution in [0.3, 0.4) is 0 Å². The highest BCUT2D eigenvalue weighted by atomic mass is 16.2.